The van der Waals surface area contributed by atoms with Gasteiger partial charge in [-0.3, -0.25) is 0 Å². The lowest BCUT2D eigenvalue weighted by molar-refractivity contribution is 0.565. The van der Waals surface area contributed by atoms with E-state index in [0.29, 0.717) is 11.0 Å². The fraction of sp³-hybridized carbons (Fsp3) is 0.571. The standard InChI is InChI=1S/C14H19N3S/c1-8-6-11(14(15)18)7-12(16-8)17-13(9-2-3-9)10-4-5-10/h6-7,9-10,13H,2-5H2,1H3,(H2,15,18)(H,16,17). The number of pyridine rings is 1. The molecule has 0 saturated heterocycles. The summed E-state index contributed by atoms with van der Waals surface area (Å²) in [6, 6.07) is 4.53. The topological polar surface area (TPSA) is 50.9 Å². The van der Waals surface area contributed by atoms with E-state index in [9.17, 15) is 0 Å². The Kier molecular flexibility index (Phi) is 2.98. The lowest BCUT2D eigenvalue weighted by atomic mass is 10.1. The molecule has 0 aliphatic heterocycles. The van der Waals surface area contributed by atoms with Crippen LogP contribution in [0.15, 0.2) is 12.1 Å². The van der Waals surface area contributed by atoms with Crippen LogP contribution in [-0.4, -0.2) is 16.0 Å². The van der Waals surface area contributed by atoms with E-state index in [4.69, 9.17) is 18.0 Å². The molecule has 2 saturated carbocycles. The van der Waals surface area contributed by atoms with Gasteiger partial charge < -0.3 is 11.1 Å². The second-order valence-electron chi connectivity index (χ2n) is 5.59. The average Bonchev–Trinajstić information content (AvgIpc) is 3.16. The zero-order chi connectivity index (χ0) is 12.7. The lowest BCUT2D eigenvalue weighted by Crippen LogP contribution is -2.25. The number of hydrogen-bond donors (Lipinski definition) is 2. The number of rotatable bonds is 5. The molecule has 18 heavy (non-hydrogen) atoms. The van der Waals surface area contributed by atoms with Crippen LogP contribution in [0.4, 0.5) is 5.82 Å². The highest BCUT2D eigenvalue weighted by Crippen LogP contribution is 2.45. The first-order valence-electron chi connectivity index (χ1n) is 6.68. The van der Waals surface area contributed by atoms with Crippen LogP contribution >= 0.6 is 12.2 Å². The molecule has 1 aromatic heterocycles. The van der Waals surface area contributed by atoms with Crippen molar-refractivity contribution in [3.63, 3.8) is 0 Å². The summed E-state index contributed by atoms with van der Waals surface area (Å²) in [5, 5.41) is 3.61. The molecule has 2 aliphatic carbocycles. The number of nitrogens with zero attached hydrogens (tertiary/aromatic N) is 1. The van der Waals surface area contributed by atoms with Crippen LogP contribution in [0.5, 0.6) is 0 Å². The Balaban J connectivity index is 1.80. The van der Waals surface area contributed by atoms with E-state index in [2.05, 4.69) is 10.3 Å². The minimum absolute atomic E-state index is 0.443. The van der Waals surface area contributed by atoms with Gasteiger partial charge in [-0.2, -0.15) is 0 Å². The maximum Gasteiger partial charge on any atom is 0.127 e. The molecule has 0 atom stereocenters. The van der Waals surface area contributed by atoms with Gasteiger partial charge in [-0.05, 0) is 56.6 Å². The van der Waals surface area contributed by atoms with Crippen LogP contribution in [0.1, 0.15) is 36.9 Å². The van der Waals surface area contributed by atoms with Crippen LogP contribution < -0.4 is 11.1 Å². The zero-order valence-corrected chi connectivity index (χ0v) is 11.5. The summed E-state index contributed by atoms with van der Waals surface area (Å²) in [4.78, 5) is 4.99. The Morgan fingerprint density at radius 3 is 2.44 bits per heavy atom. The maximum absolute atomic E-state index is 5.70. The van der Waals surface area contributed by atoms with Gasteiger partial charge in [0, 0.05) is 17.3 Å². The van der Waals surface area contributed by atoms with E-state index in [1.807, 2.05) is 19.1 Å². The highest BCUT2D eigenvalue weighted by atomic mass is 32.1. The summed E-state index contributed by atoms with van der Waals surface area (Å²) < 4.78 is 0. The third-order valence-electron chi connectivity index (χ3n) is 3.81. The number of nitrogens with one attached hydrogen (secondary N) is 1. The van der Waals surface area contributed by atoms with Crippen molar-refractivity contribution >= 4 is 23.0 Å². The first-order chi connectivity index (χ1) is 8.63. The molecule has 0 spiro atoms. The highest BCUT2D eigenvalue weighted by Gasteiger charge is 2.41. The number of aromatic nitrogens is 1. The minimum atomic E-state index is 0.443. The lowest BCUT2D eigenvalue weighted by Gasteiger charge is -2.19. The fourth-order valence-corrected chi connectivity index (χ4v) is 2.70. The van der Waals surface area contributed by atoms with Gasteiger partial charge in [-0.25, -0.2) is 4.98 Å². The van der Waals surface area contributed by atoms with E-state index in [1.54, 1.807) is 0 Å². The predicted octanol–water partition coefficient (Wildman–Crippen LogP) is 2.62. The fourth-order valence-electron chi connectivity index (χ4n) is 2.59. The van der Waals surface area contributed by atoms with Gasteiger partial charge in [0.05, 0.1) is 0 Å². The molecule has 4 heteroatoms. The van der Waals surface area contributed by atoms with E-state index < -0.39 is 0 Å². The minimum Gasteiger partial charge on any atom is -0.389 e. The van der Waals surface area contributed by atoms with Gasteiger partial charge in [0.2, 0.25) is 0 Å². The van der Waals surface area contributed by atoms with Gasteiger partial charge >= 0.3 is 0 Å². The van der Waals surface area contributed by atoms with Crippen LogP contribution in [-0.2, 0) is 0 Å². The second kappa shape index (κ2) is 4.50. The molecular formula is C14H19N3S. The van der Waals surface area contributed by atoms with Crippen molar-refractivity contribution in [2.75, 3.05) is 5.32 Å². The number of anilines is 1. The van der Waals surface area contributed by atoms with Crippen molar-refractivity contribution in [3.05, 3.63) is 23.4 Å². The van der Waals surface area contributed by atoms with Crippen molar-refractivity contribution in [1.29, 1.82) is 0 Å². The Bertz CT molecular complexity index is 466. The Hall–Kier alpha value is -1.16. The molecule has 3 rings (SSSR count). The largest absolute Gasteiger partial charge is 0.389 e. The number of aryl methyl sites for hydroxylation is 1. The Morgan fingerprint density at radius 2 is 1.94 bits per heavy atom. The molecule has 96 valence electrons. The van der Waals surface area contributed by atoms with Gasteiger partial charge in [0.15, 0.2) is 0 Å². The molecular weight excluding hydrogens is 242 g/mol. The monoisotopic (exact) mass is 261 g/mol. The SMILES string of the molecule is Cc1cc(C(N)=S)cc(NC(C2CC2)C2CC2)n1. The third-order valence-corrected chi connectivity index (χ3v) is 4.05. The first-order valence-corrected chi connectivity index (χ1v) is 7.09. The molecule has 0 bridgehead atoms. The van der Waals surface area contributed by atoms with E-state index >= 15 is 0 Å². The van der Waals surface area contributed by atoms with E-state index in [1.165, 1.54) is 25.7 Å². The van der Waals surface area contributed by atoms with Crippen LogP contribution in [0.25, 0.3) is 0 Å². The molecule has 2 fully saturated rings. The third kappa shape index (κ3) is 2.64. The molecule has 3 nitrogen and oxygen atoms in total. The van der Waals surface area contributed by atoms with Crippen molar-refractivity contribution in [3.8, 4) is 0 Å². The predicted molar refractivity (Wildman–Crippen MR) is 77.7 cm³/mol. The van der Waals surface area contributed by atoms with Gasteiger partial charge in [0.1, 0.15) is 10.8 Å². The summed E-state index contributed by atoms with van der Waals surface area (Å²) in [6.07, 6.45) is 5.45. The van der Waals surface area contributed by atoms with Gasteiger partial charge in [-0.1, -0.05) is 12.2 Å². The Labute approximate surface area is 113 Å². The number of hydrogen-bond acceptors (Lipinski definition) is 3. The van der Waals surface area contributed by atoms with Gasteiger partial charge in [-0.15, -0.1) is 0 Å². The summed E-state index contributed by atoms with van der Waals surface area (Å²) in [6.45, 7) is 1.98. The highest BCUT2D eigenvalue weighted by molar-refractivity contribution is 7.80. The van der Waals surface area contributed by atoms with Crippen LogP contribution in [0, 0.1) is 18.8 Å². The molecule has 3 N–H and O–H groups in total. The van der Waals surface area contributed by atoms with Gasteiger partial charge in [0.25, 0.3) is 0 Å². The maximum atomic E-state index is 5.70. The molecule has 0 unspecified atom stereocenters. The molecule has 2 aliphatic rings. The van der Waals surface area contributed by atoms with Crippen LogP contribution in [0.2, 0.25) is 0 Å². The molecule has 1 heterocycles. The average molecular weight is 261 g/mol. The second-order valence-corrected chi connectivity index (χ2v) is 6.03. The summed E-state index contributed by atoms with van der Waals surface area (Å²) >= 11 is 5.04. The quantitative estimate of drug-likeness (QED) is 0.800. The molecule has 0 amide bonds. The number of thiocarbonyl (C=S) groups is 1. The number of nitrogens with two attached hydrogens (primary N) is 1. The summed E-state index contributed by atoms with van der Waals surface area (Å²) in [5.74, 6) is 2.64. The van der Waals surface area contributed by atoms with Crippen molar-refractivity contribution in [2.45, 2.75) is 38.6 Å². The molecule has 1 aromatic rings. The van der Waals surface area contributed by atoms with Crippen molar-refractivity contribution < 1.29 is 0 Å². The summed E-state index contributed by atoms with van der Waals surface area (Å²) in [7, 11) is 0. The van der Waals surface area contributed by atoms with Crippen molar-refractivity contribution in [1.82, 2.24) is 4.98 Å². The van der Waals surface area contributed by atoms with Crippen molar-refractivity contribution in [2.24, 2.45) is 17.6 Å². The molecule has 0 radical (unpaired) electrons. The smallest absolute Gasteiger partial charge is 0.127 e. The zero-order valence-electron chi connectivity index (χ0n) is 10.6. The van der Waals surface area contributed by atoms with E-state index in [-0.39, 0.29) is 0 Å². The molecule has 0 aromatic carbocycles. The summed E-state index contributed by atoms with van der Waals surface area (Å²) in [5.41, 5.74) is 7.58. The first kappa shape index (κ1) is 11.9. The van der Waals surface area contributed by atoms with E-state index in [0.717, 1.165) is 28.9 Å². The normalized spacial score (nSPS) is 19.0. The van der Waals surface area contributed by atoms with Crippen LogP contribution in [0.3, 0.4) is 0 Å². The Morgan fingerprint density at radius 1 is 1.33 bits per heavy atom.